The van der Waals surface area contributed by atoms with Crippen LogP contribution in [0.1, 0.15) is 21.5 Å². The maximum atomic E-state index is 12.5. The fourth-order valence-corrected chi connectivity index (χ4v) is 2.33. The highest BCUT2D eigenvalue weighted by Crippen LogP contribution is 2.24. The van der Waals surface area contributed by atoms with Crippen molar-refractivity contribution in [3.63, 3.8) is 0 Å². The summed E-state index contributed by atoms with van der Waals surface area (Å²) >= 11 is 3.45. The van der Waals surface area contributed by atoms with Gasteiger partial charge in [-0.1, -0.05) is 18.2 Å². The molecule has 1 amide bonds. The number of nitriles is 1. The zero-order valence-electron chi connectivity index (χ0n) is 11.2. The number of anilines is 1. The van der Waals surface area contributed by atoms with Crippen LogP contribution in [0.5, 0.6) is 0 Å². The smallest absolute Gasteiger partial charge is 0.259 e. The number of rotatable bonds is 2. The summed E-state index contributed by atoms with van der Waals surface area (Å²) in [5, 5.41) is 8.92. The predicted octanol–water partition coefficient (Wildman–Crippen LogP) is 3.91. The van der Waals surface area contributed by atoms with E-state index in [4.69, 9.17) is 5.26 Å². The molecule has 2 aromatic carbocycles. The normalized spacial score (nSPS) is 9.90. The van der Waals surface area contributed by atoms with Gasteiger partial charge in [0.15, 0.2) is 0 Å². The molecule has 0 radical (unpaired) electrons. The van der Waals surface area contributed by atoms with Gasteiger partial charge in [0.2, 0.25) is 0 Å². The minimum Gasteiger partial charge on any atom is -0.311 e. The van der Waals surface area contributed by atoms with Gasteiger partial charge in [0.25, 0.3) is 5.91 Å². The summed E-state index contributed by atoms with van der Waals surface area (Å²) in [5.74, 6) is -0.115. The van der Waals surface area contributed by atoms with Gasteiger partial charge < -0.3 is 4.90 Å². The number of benzene rings is 2. The molecule has 0 aliphatic heterocycles. The second-order valence-corrected chi connectivity index (χ2v) is 5.26. The number of hydrogen-bond donors (Lipinski definition) is 0. The van der Waals surface area contributed by atoms with Crippen molar-refractivity contribution < 1.29 is 4.79 Å². The van der Waals surface area contributed by atoms with Crippen molar-refractivity contribution in [2.24, 2.45) is 0 Å². The molecule has 0 N–H and O–H groups in total. The Hall–Kier alpha value is -2.12. The molecule has 100 valence electrons. The minimum atomic E-state index is -0.115. The Bertz CT molecular complexity index is 704. The fourth-order valence-electron chi connectivity index (χ4n) is 1.89. The van der Waals surface area contributed by atoms with Crippen LogP contribution in [-0.4, -0.2) is 13.0 Å². The summed E-state index contributed by atoms with van der Waals surface area (Å²) in [7, 11) is 1.70. The largest absolute Gasteiger partial charge is 0.311 e. The SMILES string of the molecule is Cc1cccc(C(=O)N(C)c2cccc(C#N)c2)c1Br. The first-order chi connectivity index (χ1) is 9.54. The number of halogens is 1. The lowest BCUT2D eigenvalue weighted by atomic mass is 10.1. The molecule has 0 fully saturated rings. The van der Waals surface area contributed by atoms with Crippen LogP contribution in [0.25, 0.3) is 0 Å². The van der Waals surface area contributed by atoms with E-state index in [0.29, 0.717) is 16.8 Å². The van der Waals surface area contributed by atoms with Crippen molar-refractivity contribution in [2.45, 2.75) is 6.92 Å². The monoisotopic (exact) mass is 328 g/mol. The van der Waals surface area contributed by atoms with Crippen LogP contribution in [0.3, 0.4) is 0 Å². The second-order valence-electron chi connectivity index (χ2n) is 4.46. The second kappa shape index (κ2) is 5.89. The maximum absolute atomic E-state index is 12.5. The van der Waals surface area contributed by atoms with Crippen LogP contribution in [0, 0.1) is 18.3 Å². The molecule has 20 heavy (non-hydrogen) atoms. The van der Waals surface area contributed by atoms with Gasteiger partial charge in [-0.15, -0.1) is 0 Å². The number of nitrogens with zero attached hydrogens (tertiary/aromatic N) is 2. The van der Waals surface area contributed by atoms with Crippen molar-refractivity contribution in [1.29, 1.82) is 5.26 Å². The van der Waals surface area contributed by atoms with Gasteiger partial charge in [0.1, 0.15) is 0 Å². The zero-order valence-corrected chi connectivity index (χ0v) is 12.8. The molecular formula is C16H13BrN2O. The molecule has 0 spiro atoms. The zero-order chi connectivity index (χ0) is 14.7. The maximum Gasteiger partial charge on any atom is 0.259 e. The molecule has 0 heterocycles. The molecule has 4 heteroatoms. The van der Waals surface area contributed by atoms with Crippen molar-refractivity contribution in [3.8, 4) is 6.07 Å². The van der Waals surface area contributed by atoms with Gasteiger partial charge in [-0.2, -0.15) is 5.26 Å². The van der Waals surface area contributed by atoms with E-state index < -0.39 is 0 Å². The lowest BCUT2D eigenvalue weighted by Gasteiger charge is -2.18. The lowest BCUT2D eigenvalue weighted by Crippen LogP contribution is -2.26. The topological polar surface area (TPSA) is 44.1 Å². The van der Waals surface area contributed by atoms with Gasteiger partial charge in [-0.05, 0) is 52.7 Å². The van der Waals surface area contributed by atoms with Gasteiger partial charge >= 0.3 is 0 Å². The van der Waals surface area contributed by atoms with Crippen LogP contribution in [0.15, 0.2) is 46.9 Å². The third-order valence-corrected chi connectivity index (χ3v) is 4.14. The van der Waals surface area contributed by atoms with Crippen LogP contribution in [0.2, 0.25) is 0 Å². The quantitative estimate of drug-likeness (QED) is 0.838. The highest BCUT2D eigenvalue weighted by atomic mass is 79.9. The minimum absolute atomic E-state index is 0.115. The summed E-state index contributed by atoms with van der Waals surface area (Å²) < 4.78 is 0.799. The number of carbonyl (C=O) groups excluding carboxylic acids is 1. The molecule has 0 saturated carbocycles. The molecule has 2 rings (SSSR count). The van der Waals surface area contributed by atoms with E-state index in [0.717, 1.165) is 10.0 Å². The first-order valence-corrected chi connectivity index (χ1v) is 6.87. The van der Waals surface area contributed by atoms with E-state index >= 15 is 0 Å². The summed E-state index contributed by atoms with van der Waals surface area (Å²) in [5.41, 5.74) is 2.85. The molecule has 0 aromatic heterocycles. The summed E-state index contributed by atoms with van der Waals surface area (Å²) in [6.07, 6.45) is 0. The van der Waals surface area contributed by atoms with E-state index in [-0.39, 0.29) is 5.91 Å². The summed E-state index contributed by atoms with van der Waals surface area (Å²) in [6.45, 7) is 1.94. The predicted molar refractivity (Wildman–Crippen MR) is 82.8 cm³/mol. The third-order valence-electron chi connectivity index (χ3n) is 3.09. The summed E-state index contributed by atoms with van der Waals surface area (Å²) in [6, 6.07) is 14.6. The highest BCUT2D eigenvalue weighted by Gasteiger charge is 2.17. The van der Waals surface area contributed by atoms with Gasteiger partial charge in [0, 0.05) is 17.2 Å². The van der Waals surface area contributed by atoms with Crippen molar-refractivity contribution in [1.82, 2.24) is 0 Å². The van der Waals surface area contributed by atoms with Crippen LogP contribution >= 0.6 is 15.9 Å². The Balaban J connectivity index is 2.38. The van der Waals surface area contributed by atoms with E-state index in [1.165, 1.54) is 0 Å². The van der Waals surface area contributed by atoms with Crippen molar-refractivity contribution in [3.05, 3.63) is 63.6 Å². The van der Waals surface area contributed by atoms with Crippen LogP contribution < -0.4 is 4.90 Å². The van der Waals surface area contributed by atoms with E-state index in [1.54, 1.807) is 36.2 Å². The van der Waals surface area contributed by atoms with Crippen molar-refractivity contribution in [2.75, 3.05) is 11.9 Å². The molecule has 0 unspecified atom stereocenters. The Morgan fingerprint density at radius 2 is 1.95 bits per heavy atom. The molecule has 0 aliphatic carbocycles. The number of aryl methyl sites for hydroxylation is 1. The molecule has 0 atom stereocenters. The molecular weight excluding hydrogens is 316 g/mol. The average molecular weight is 329 g/mol. The van der Waals surface area contributed by atoms with Crippen LogP contribution in [-0.2, 0) is 0 Å². The Morgan fingerprint density at radius 1 is 1.25 bits per heavy atom. The molecule has 2 aromatic rings. The number of amides is 1. The lowest BCUT2D eigenvalue weighted by molar-refractivity contribution is 0.0992. The molecule has 3 nitrogen and oxygen atoms in total. The first kappa shape index (κ1) is 14.3. The Morgan fingerprint density at radius 3 is 2.65 bits per heavy atom. The third kappa shape index (κ3) is 2.73. The highest BCUT2D eigenvalue weighted by molar-refractivity contribution is 9.10. The standard InChI is InChI=1S/C16H13BrN2O/c1-11-5-3-8-14(15(11)17)16(20)19(2)13-7-4-6-12(9-13)10-18/h3-9H,1-2H3. The molecule has 0 saturated heterocycles. The van der Waals surface area contributed by atoms with Gasteiger partial charge in [-0.3, -0.25) is 4.79 Å². The van der Waals surface area contributed by atoms with Crippen LogP contribution in [0.4, 0.5) is 5.69 Å². The first-order valence-electron chi connectivity index (χ1n) is 6.08. The van der Waals surface area contributed by atoms with E-state index in [1.807, 2.05) is 25.1 Å². The fraction of sp³-hybridized carbons (Fsp3) is 0.125. The molecule has 0 aliphatic rings. The van der Waals surface area contributed by atoms with Gasteiger partial charge in [-0.25, -0.2) is 0 Å². The number of hydrogen-bond acceptors (Lipinski definition) is 2. The average Bonchev–Trinajstić information content (AvgIpc) is 2.48. The Kier molecular flexibility index (Phi) is 4.21. The molecule has 0 bridgehead atoms. The number of carbonyl (C=O) groups is 1. The van der Waals surface area contributed by atoms with Crippen molar-refractivity contribution >= 4 is 27.5 Å². The summed E-state index contributed by atoms with van der Waals surface area (Å²) in [4.78, 5) is 14.1. The van der Waals surface area contributed by atoms with E-state index in [2.05, 4.69) is 22.0 Å². The Labute approximate surface area is 126 Å². The van der Waals surface area contributed by atoms with E-state index in [9.17, 15) is 4.79 Å². The van der Waals surface area contributed by atoms with Gasteiger partial charge in [0.05, 0.1) is 17.2 Å².